The lowest BCUT2D eigenvalue weighted by Gasteiger charge is -2.18. The lowest BCUT2D eigenvalue weighted by Crippen LogP contribution is -2.33. The number of carbonyl (C=O) groups is 2. The standard InChI is InChI=1S/C26H24N2O3/c1-4-31-21-14-12-20(13-15-21)27-24-23(19-8-6-5-7-9-19)25(29)28(26(24)30)22-16-17(2)10-11-18(22)3/h5-16,27H,4H2,1-3H3. The van der Waals surface area contributed by atoms with E-state index in [1.807, 2.05) is 93.6 Å². The van der Waals surface area contributed by atoms with Gasteiger partial charge in [-0.2, -0.15) is 0 Å². The van der Waals surface area contributed by atoms with Gasteiger partial charge in [-0.25, -0.2) is 4.90 Å². The first kappa shape index (κ1) is 20.4. The third-order valence-electron chi connectivity index (χ3n) is 5.19. The summed E-state index contributed by atoms with van der Waals surface area (Å²) in [4.78, 5) is 28.3. The summed E-state index contributed by atoms with van der Waals surface area (Å²) in [6.45, 7) is 6.34. The molecule has 3 aromatic carbocycles. The molecule has 0 saturated carbocycles. The maximum atomic E-state index is 13.5. The number of aryl methyl sites for hydroxylation is 2. The minimum Gasteiger partial charge on any atom is -0.494 e. The smallest absolute Gasteiger partial charge is 0.282 e. The number of hydrogen-bond acceptors (Lipinski definition) is 4. The highest BCUT2D eigenvalue weighted by Gasteiger charge is 2.40. The van der Waals surface area contributed by atoms with Crippen LogP contribution in [0.4, 0.5) is 11.4 Å². The van der Waals surface area contributed by atoms with Crippen molar-refractivity contribution < 1.29 is 14.3 Å². The Bertz CT molecular complexity index is 1170. The highest BCUT2D eigenvalue weighted by Crippen LogP contribution is 2.35. The van der Waals surface area contributed by atoms with E-state index in [0.717, 1.165) is 16.9 Å². The van der Waals surface area contributed by atoms with Crippen molar-refractivity contribution in [3.8, 4) is 5.75 Å². The topological polar surface area (TPSA) is 58.6 Å². The van der Waals surface area contributed by atoms with Gasteiger partial charge in [-0.3, -0.25) is 9.59 Å². The molecule has 1 aliphatic heterocycles. The second kappa shape index (κ2) is 8.48. The zero-order chi connectivity index (χ0) is 22.0. The molecule has 2 amide bonds. The second-order valence-electron chi connectivity index (χ2n) is 7.43. The Morgan fingerprint density at radius 2 is 1.58 bits per heavy atom. The number of amides is 2. The highest BCUT2D eigenvalue weighted by atomic mass is 16.5. The minimum absolute atomic E-state index is 0.265. The van der Waals surface area contributed by atoms with Crippen molar-refractivity contribution in [3.05, 3.63) is 95.2 Å². The molecule has 1 N–H and O–H groups in total. The molecule has 0 unspecified atom stereocenters. The SMILES string of the molecule is CCOc1ccc(NC2=C(c3ccccc3)C(=O)N(c3cc(C)ccc3C)C2=O)cc1. The highest BCUT2D eigenvalue weighted by molar-refractivity contribution is 6.46. The quantitative estimate of drug-likeness (QED) is 0.573. The van der Waals surface area contributed by atoms with Crippen molar-refractivity contribution in [2.45, 2.75) is 20.8 Å². The number of carbonyl (C=O) groups excluding carboxylic acids is 2. The van der Waals surface area contributed by atoms with Crippen molar-refractivity contribution in [3.63, 3.8) is 0 Å². The van der Waals surface area contributed by atoms with E-state index in [-0.39, 0.29) is 17.5 Å². The minimum atomic E-state index is -0.369. The Kier molecular flexibility index (Phi) is 5.58. The molecule has 0 aromatic heterocycles. The van der Waals surface area contributed by atoms with E-state index in [4.69, 9.17) is 4.74 Å². The van der Waals surface area contributed by atoms with Gasteiger partial charge in [0, 0.05) is 5.69 Å². The zero-order valence-corrected chi connectivity index (χ0v) is 17.8. The first-order chi connectivity index (χ1) is 15.0. The van der Waals surface area contributed by atoms with E-state index in [9.17, 15) is 9.59 Å². The largest absolute Gasteiger partial charge is 0.494 e. The number of imide groups is 1. The molecule has 5 nitrogen and oxygen atoms in total. The van der Waals surface area contributed by atoms with Crippen LogP contribution < -0.4 is 15.0 Å². The number of nitrogens with zero attached hydrogens (tertiary/aromatic N) is 1. The van der Waals surface area contributed by atoms with E-state index >= 15 is 0 Å². The number of rotatable bonds is 6. The van der Waals surface area contributed by atoms with Crippen LogP contribution in [-0.2, 0) is 9.59 Å². The fourth-order valence-corrected chi connectivity index (χ4v) is 3.64. The molecule has 0 radical (unpaired) electrons. The predicted octanol–water partition coefficient (Wildman–Crippen LogP) is 5.10. The Balaban J connectivity index is 1.78. The van der Waals surface area contributed by atoms with Crippen LogP contribution in [0.15, 0.2) is 78.5 Å². The van der Waals surface area contributed by atoms with Gasteiger partial charge in [-0.1, -0.05) is 42.5 Å². The Morgan fingerprint density at radius 1 is 0.871 bits per heavy atom. The maximum absolute atomic E-state index is 13.5. The molecule has 0 spiro atoms. The van der Waals surface area contributed by atoms with Gasteiger partial charge < -0.3 is 10.1 Å². The van der Waals surface area contributed by atoms with Crippen LogP contribution in [0, 0.1) is 13.8 Å². The van der Waals surface area contributed by atoms with Gasteiger partial charge >= 0.3 is 0 Å². The lowest BCUT2D eigenvalue weighted by atomic mass is 10.0. The van der Waals surface area contributed by atoms with Crippen LogP contribution in [-0.4, -0.2) is 18.4 Å². The van der Waals surface area contributed by atoms with Gasteiger partial charge in [-0.05, 0) is 67.8 Å². The molecule has 156 valence electrons. The fourth-order valence-electron chi connectivity index (χ4n) is 3.64. The normalized spacial score (nSPS) is 13.7. The molecule has 1 aliphatic rings. The van der Waals surface area contributed by atoms with Crippen molar-refractivity contribution in [1.82, 2.24) is 0 Å². The Labute approximate surface area is 182 Å². The van der Waals surface area contributed by atoms with Crippen molar-refractivity contribution >= 4 is 28.8 Å². The van der Waals surface area contributed by atoms with Crippen LogP contribution in [0.25, 0.3) is 5.57 Å². The van der Waals surface area contributed by atoms with E-state index < -0.39 is 0 Å². The summed E-state index contributed by atoms with van der Waals surface area (Å²) in [6.07, 6.45) is 0. The van der Waals surface area contributed by atoms with Gasteiger partial charge in [0.1, 0.15) is 11.4 Å². The number of benzene rings is 3. The number of hydrogen-bond donors (Lipinski definition) is 1. The van der Waals surface area contributed by atoms with Gasteiger partial charge in [0.2, 0.25) is 0 Å². The van der Waals surface area contributed by atoms with E-state index in [0.29, 0.717) is 29.1 Å². The van der Waals surface area contributed by atoms with Crippen LogP contribution in [0.2, 0.25) is 0 Å². The molecule has 1 heterocycles. The van der Waals surface area contributed by atoms with Gasteiger partial charge in [0.05, 0.1) is 17.9 Å². The average molecular weight is 412 g/mol. The molecule has 31 heavy (non-hydrogen) atoms. The van der Waals surface area contributed by atoms with Crippen LogP contribution in [0.1, 0.15) is 23.6 Å². The third kappa shape index (κ3) is 3.94. The van der Waals surface area contributed by atoms with Gasteiger partial charge in [0.15, 0.2) is 0 Å². The summed E-state index contributed by atoms with van der Waals surface area (Å²) in [5, 5.41) is 3.18. The monoisotopic (exact) mass is 412 g/mol. The predicted molar refractivity (Wildman–Crippen MR) is 123 cm³/mol. The maximum Gasteiger partial charge on any atom is 0.282 e. The summed E-state index contributed by atoms with van der Waals surface area (Å²) in [6, 6.07) is 22.4. The van der Waals surface area contributed by atoms with Crippen LogP contribution in [0.5, 0.6) is 5.75 Å². The number of anilines is 2. The molecular weight excluding hydrogens is 388 g/mol. The molecule has 4 rings (SSSR count). The van der Waals surface area contributed by atoms with Crippen LogP contribution >= 0.6 is 0 Å². The number of ether oxygens (including phenoxy) is 1. The third-order valence-corrected chi connectivity index (χ3v) is 5.19. The van der Waals surface area contributed by atoms with Crippen molar-refractivity contribution in [1.29, 1.82) is 0 Å². The lowest BCUT2D eigenvalue weighted by molar-refractivity contribution is -0.120. The molecule has 3 aromatic rings. The van der Waals surface area contributed by atoms with Crippen molar-refractivity contribution in [2.75, 3.05) is 16.8 Å². The second-order valence-corrected chi connectivity index (χ2v) is 7.43. The first-order valence-corrected chi connectivity index (χ1v) is 10.2. The molecular formula is C26H24N2O3. The van der Waals surface area contributed by atoms with E-state index in [2.05, 4.69) is 5.32 Å². The summed E-state index contributed by atoms with van der Waals surface area (Å²) < 4.78 is 5.49. The van der Waals surface area contributed by atoms with Gasteiger partial charge in [0.25, 0.3) is 11.8 Å². The molecule has 5 heteroatoms. The van der Waals surface area contributed by atoms with Gasteiger partial charge in [-0.15, -0.1) is 0 Å². The summed E-state index contributed by atoms with van der Waals surface area (Å²) >= 11 is 0. The van der Waals surface area contributed by atoms with Crippen molar-refractivity contribution in [2.24, 2.45) is 0 Å². The number of nitrogens with one attached hydrogen (secondary N) is 1. The molecule has 0 saturated heterocycles. The fraction of sp³-hybridized carbons (Fsp3) is 0.154. The Morgan fingerprint density at radius 3 is 2.26 bits per heavy atom. The molecule has 0 aliphatic carbocycles. The summed E-state index contributed by atoms with van der Waals surface area (Å²) in [5.41, 5.74) is 4.48. The molecule has 0 bridgehead atoms. The van der Waals surface area contributed by atoms with Crippen LogP contribution in [0.3, 0.4) is 0 Å². The molecule has 0 atom stereocenters. The summed E-state index contributed by atoms with van der Waals surface area (Å²) in [5.74, 6) is 0.0425. The zero-order valence-electron chi connectivity index (χ0n) is 17.8. The first-order valence-electron chi connectivity index (χ1n) is 10.2. The van der Waals surface area contributed by atoms with E-state index in [1.54, 1.807) is 0 Å². The van der Waals surface area contributed by atoms with E-state index in [1.165, 1.54) is 4.90 Å². The average Bonchev–Trinajstić information content (AvgIpc) is 3.01. The summed E-state index contributed by atoms with van der Waals surface area (Å²) in [7, 11) is 0. The Hall–Kier alpha value is -3.86. The molecule has 0 fully saturated rings.